The van der Waals surface area contributed by atoms with Gasteiger partial charge in [-0.2, -0.15) is 0 Å². The van der Waals surface area contributed by atoms with Crippen molar-refractivity contribution >= 4 is 5.91 Å². The molecule has 4 N–H and O–H groups in total. The van der Waals surface area contributed by atoms with Gasteiger partial charge in [0.15, 0.2) is 0 Å². The van der Waals surface area contributed by atoms with E-state index in [0.717, 1.165) is 6.54 Å². The molecule has 0 bridgehead atoms. The van der Waals surface area contributed by atoms with E-state index in [1.807, 2.05) is 20.8 Å². The third-order valence-electron chi connectivity index (χ3n) is 2.97. The van der Waals surface area contributed by atoms with Crippen LogP contribution in [0.5, 0.6) is 0 Å². The average Bonchev–Trinajstić information content (AvgIpc) is 2.26. The minimum absolute atomic E-state index is 0.00432. The van der Waals surface area contributed by atoms with Crippen LogP contribution in [0.15, 0.2) is 0 Å². The van der Waals surface area contributed by atoms with Gasteiger partial charge in [0.2, 0.25) is 5.91 Å². The Morgan fingerprint density at radius 1 is 1.59 bits per heavy atom. The summed E-state index contributed by atoms with van der Waals surface area (Å²) >= 11 is 0. The fourth-order valence-corrected chi connectivity index (χ4v) is 2.20. The van der Waals surface area contributed by atoms with Crippen molar-refractivity contribution in [2.75, 3.05) is 26.2 Å². The van der Waals surface area contributed by atoms with Crippen LogP contribution in [0, 0.1) is 5.41 Å². The zero-order valence-corrected chi connectivity index (χ0v) is 10.8. The van der Waals surface area contributed by atoms with Crippen molar-refractivity contribution in [2.24, 2.45) is 11.3 Å². The minimum atomic E-state index is -0.550. The summed E-state index contributed by atoms with van der Waals surface area (Å²) in [6.07, 6.45) is -0.104. The Morgan fingerprint density at radius 2 is 2.24 bits per heavy atom. The van der Waals surface area contributed by atoms with Gasteiger partial charge in [-0.05, 0) is 20.8 Å². The lowest BCUT2D eigenvalue weighted by Crippen LogP contribution is -2.53. The van der Waals surface area contributed by atoms with E-state index in [4.69, 9.17) is 15.7 Å². The Morgan fingerprint density at radius 3 is 2.76 bits per heavy atom. The van der Waals surface area contributed by atoms with Crippen LogP contribution in [-0.2, 0) is 9.53 Å². The molecule has 1 fully saturated rings. The smallest absolute Gasteiger partial charge is 0.240 e. The summed E-state index contributed by atoms with van der Waals surface area (Å²) in [4.78, 5) is 13.7. The first-order valence-corrected chi connectivity index (χ1v) is 5.88. The lowest BCUT2D eigenvalue weighted by atomic mass is 9.91. The van der Waals surface area contributed by atoms with Crippen molar-refractivity contribution in [3.63, 3.8) is 0 Å². The summed E-state index contributed by atoms with van der Waals surface area (Å²) in [5.41, 5.74) is 1.64. The number of hydrazine groups is 1. The van der Waals surface area contributed by atoms with Gasteiger partial charge >= 0.3 is 0 Å². The number of aliphatic hydroxyl groups excluding tert-OH is 1. The predicted molar refractivity (Wildman–Crippen MR) is 64.0 cm³/mol. The Balaban J connectivity index is 2.58. The monoisotopic (exact) mass is 245 g/mol. The van der Waals surface area contributed by atoms with E-state index in [9.17, 15) is 4.79 Å². The van der Waals surface area contributed by atoms with E-state index in [-0.39, 0.29) is 24.7 Å². The van der Waals surface area contributed by atoms with Crippen molar-refractivity contribution < 1.29 is 14.6 Å². The molecular formula is C11H23N3O3. The second kappa shape index (κ2) is 5.77. The van der Waals surface area contributed by atoms with Crippen molar-refractivity contribution in [1.29, 1.82) is 0 Å². The normalized spacial score (nSPS) is 26.9. The molecule has 0 radical (unpaired) electrons. The van der Waals surface area contributed by atoms with E-state index in [1.54, 1.807) is 0 Å². The van der Waals surface area contributed by atoms with Crippen molar-refractivity contribution in [3.05, 3.63) is 0 Å². The largest absolute Gasteiger partial charge is 0.394 e. The van der Waals surface area contributed by atoms with Crippen LogP contribution in [0.25, 0.3) is 0 Å². The van der Waals surface area contributed by atoms with Gasteiger partial charge in [-0.25, -0.2) is 5.84 Å². The summed E-state index contributed by atoms with van der Waals surface area (Å²) in [5.74, 6) is 4.98. The van der Waals surface area contributed by atoms with Crippen LogP contribution in [-0.4, -0.2) is 54.4 Å². The SMILES string of the molecule is CC1CN(CC(C)(C)C(=O)NN)CC(CO)O1. The van der Waals surface area contributed by atoms with Crippen LogP contribution in [0.1, 0.15) is 20.8 Å². The molecule has 17 heavy (non-hydrogen) atoms. The summed E-state index contributed by atoms with van der Waals surface area (Å²) in [7, 11) is 0. The molecule has 6 nitrogen and oxygen atoms in total. The molecule has 2 unspecified atom stereocenters. The predicted octanol–water partition coefficient (Wildman–Crippen LogP) is -0.916. The third kappa shape index (κ3) is 3.92. The second-order valence-electron chi connectivity index (χ2n) is 5.30. The maximum absolute atomic E-state index is 11.6. The molecule has 1 saturated heterocycles. The molecule has 0 aromatic rings. The molecule has 0 saturated carbocycles. The summed E-state index contributed by atoms with van der Waals surface area (Å²) in [6, 6.07) is 0. The quantitative estimate of drug-likeness (QED) is 0.339. The molecule has 100 valence electrons. The Bertz CT molecular complexity index is 271. The highest BCUT2D eigenvalue weighted by Gasteiger charge is 2.33. The number of ether oxygens (including phenoxy) is 1. The topological polar surface area (TPSA) is 87.8 Å². The average molecular weight is 245 g/mol. The standard InChI is InChI=1S/C11H23N3O3/c1-8-4-14(5-9(6-15)17-8)7-11(2,3)10(16)13-12/h8-9,15H,4-7,12H2,1-3H3,(H,13,16). The molecule has 1 rings (SSSR count). The second-order valence-corrected chi connectivity index (χ2v) is 5.30. The van der Waals surface area contributed by atoms with E-state index >= 15 is 0 Å². The van der Waals surface area contributed by atoms with Crippen LogP contribution >= 0.6 is 0 Å². The fraction of sp³-hybridized carbons (Fsp3) is 0.909. The number of nitrogens with zero attached hydrogens (tertiary/aromatic N) is 1. The van der Waals surface area contributed by atoms with Crippen LogP contribution in [0.4, 0.5) is 0 Å². The highest BCUT2D eigenvalue weighted by Crippen LogP contribution is 2.20. The van der Waals surface area contributed by atoms with Gasteiger partial charge in [-0.15, -0.1) is 0 Å². The number of morpholine rings is 1. The molecule has 1 aliphatic heterocycles. The zero-order chi connectivity index (χ0) is 13.1. The third-order valence-corrected chi connectivity index (χ3v) is 2.97. The number of hydrogen-bond donors (Lipinski definition) is 3. The van der Waals surface area contributed by atoms with Crippen molar-refractivity contribution in [1.82, 2.24) is 10.3 Å². The Kier molecular flexibility index (Phi) is 4.88. The molecule has 1 amide bonds. The minimum Gasteiger partial charge on any atom is -0.394 e. The van der Waals surface area contributed by atoms with Crippen LogP contribution < -0.4 is 11.3 Å². The van der Waals surface area contributed by atoms with Crippen molar-refractivity contribution in [2.45, 2.75) is 33.0 Å². The maximum Gasteiger partial charge on any atom is 0.240 e. The van der Waals surface area contributed by atoms with E-state index in [2.05, 4.69) is 10.3 Å². The highest BCUT2D eigenvalue weighted by atomic mass is 16.5. The van der Waals surface area contributed by atoms with Gasteiger partial charge in [-0.3, -0.25) is 15.1 Å². The van der Waals surface area contributed by atoms with Crippen molar-refractivity contribution in [3.8, 4) is 0 Å². The molecule has 1 heterocycles. The number of amides is 1. The number of nitrogens with one attached hydrogen (secondary N) is 1. The first kappa shape index (κ1) is 14.4. The molecule has 0 spiro atoms. The van der Waals surface area contributed by atoms with E-state index < -0.39 is 5.41 Å². The molecule has 0 aromatic carbocycles. The molecule has 1 aliphatic rings. The fourth-order valence-electron chi connectivity index (χ4n) is 2.20. The van der Waals surface area contributed by atoms with Crippen LogP contribution in [0.2, 0.25) is 0 Å². The molecular weight excluding hydrogens is 222 g/mol. The summed E-state index contributed by atoms with van der Waals surface area (Å²) in [5, 5.41) is 9.13. The van der Waals surface area contributed by atoms with Gasteiger partial charge in [-0.1, -0.05) is 0 Å². The lowest BCUT2D eigenvalue weighted by Gasteiger charge is -2.39. The lowest BCUT2D eigenvalue weighted by molar-refractivity contribution is -0.134. The number of carbonyl (C=O) groups excluding carboxylic acids is 1. The number of rotatable bonds is 4. The number of hydrogen-bond acceptors (Lipinski definition) is 5. The first-order valence-electron chi connectivity index (χ1n) is 5.88. The van der Waals surface area contributed by atoms with E-state index in [0.29, 0.717) is 13.1 Å². The maximum atomic E-state index is 11.6. The zero-order valence-electron chi connectivity index (χ0n) is 10.8. The summed E-state index contributed by atoms with van der Waals surface area (Å²) in [6.45, 7) is 7.67. The van der Waals surface area contributed by atoms with Gasteiger partial charge in [0.05, 0.1) is 24.2 Å². The molecule has 2 atom stereocenters. The van der Waals surface area contributed by atoms with Gasteiger partial charge in [0.25, 0.3) is 0 Å². The molecule has 0 aliphatic carbocycles. The first-order chi connectivity index (χ1) is 7.89. The van der Waals surface area contributed by atoms with Crippen LogP contribution in [0.3, 0.4) is 0 Å². The number of nitrogens with two attached hydrogens (primary N) is 1. The Hall–Kier alpha value is -0.690. The van der Waals surface area contributed by atoms with Gasteiger partial charge in [0.1, 0.15) is 0 Å². The molecule has 0 aromatic heterocycles. The molecule has 6 heteroatoms. The van der Waals surface area contributed by atoms with E-state index in [1.165, 1.54) is 0 Å². The van der Waals surface area contributed by atoms with Gasteiger partial charge in [0, 0.05) is 19.6 Å². The number of aliphatic hydroxyl groups is 1. The Labute approximate surface area is 102 Å². The summed E-state index contributed by atoms with van der Waals surface area (Å²) < 4.78 is 5.55. The highest BCUT2D eigenvalue weighted by molar-refractivity contribution is 5.81. The van der Waals surface area contributed by atoms with Gasteiger partial charge < -0.3 is 9.84 Å². The number of carbonyl (C=O) groups is 1.